The summed E-state index contributed by atoms with van der Waals surface area (Å²) in [4.78, 5) is 0. The van der Waals surface area contributed by atoms with Gasteiger partial charge in [0.15, 0.2) is 0 Å². The van der Waals surface area contributed by atoms with E-state index in [2.05, 4.69) is 63.2 Å². The van der Waals surface area contributed by atoms with Crippen LogP contribution in [0.25, 0.3) is 11.1 Å². The van der Waals surface area contributed by atoms with E-state index in [1.54, 1.807) is 0 Å². The zero-order valence-corrected chi connectivity index (χ0v) is 13.3. The van der Waals surface area contributed by atoms with Gasteiger partial charge < -0.3 is 5.41 Å². The van der Waals surface area contributed by atoms with Crippen LogP contribution in [0.4, 0.5) is 0 Å². The first-order chi connectivity index (χ1) is 9.99. The summed E-state index contributed by atoms with van der Waals surface area (Å²) >= 11 is 0. The molecule has 0 aromatic heterocycles. The van der Waals surface area contributed by atoms with Gasteiger partial charge in [0.2, 0.25) is 0 Å². The fourth-order valence-corrected chi connectivity index (χ4v) is 2.57. The third kappa shape index (κ3) is 3.91. The van der Waals surface area contributed by atoms with Gasteiger partial charge >= 0.3 is 0 Å². The second-order valence-corrected chi connectivity index (χ2v) is 5.86. The fraction of sp³-hybridized carbons (Fsp3) is 0.250. The van der Waals surface area contributed by atoms with Crippen LogP contribution in [-0.4, -0.2) is 6.21 Å². The minimum Gasteiger partial charge on any atom is -0.308 e. The van der Waals surface area contributed by atoms with Crippen molar-refractivity contribution >= 4 is 6.21 Å². The molecule has 2 rings (SSSR count). The number of aryl methyl sites for hydroxylation is 2. The fourth-order valence-electron chi connectivity index (χ4n) is 2.57. The van der Waals surface area contributed by atoms with Gasteiger partial charge in [0.1, 0.15) is 0 Å². The molecule has 0 fully saturated rings. The Morgan fingerprint density at radius 2 is 1.62 bits per heavy atom. The minimum absolute atomic E-state index is 0.903. The first kappa shape index (κ1) is 15.2. The Labute approximate surface area is 127 Å². The van der Waals surface area contributed by atoms with Crippen LogP contribution in [0.1, 0.15) is 30.5 Å². The summed E-state index contributed by atoms with van der Waals surface area (Å²) in [5.41, 5.74) is 8.73. The number of benzene rings is 2. The topological polar surface area (TPSA) is 23.9 Å². The smallest absolute Gasteiger partial charge is 0.0206 e. The predicted octanol–water partition coefficient (Wildman–Crippen LogP) is 5.50. The molecule has 1 nitrogen and oxygen atoms in total. The molecule has 0 amide bonds. The number of hydrogen-bond acceptors (Lipinski definition) is 1. The highest BCUT2D eigenvalue weighted by atomic mass is 14.3. The van der Waals surface area contributed by atoms with Crippen molar-refractivity contribution in [1.29, 1.82) is 5.41 Å². The molecule has 0 heterocycles. The summed E-state index contributed by atoms with van der Waals surface area (Å²) < 4.78 is 0. The monoisotopic (exact) mass is 277 g/mol. The lowest BCUT2D eigenvalue weighted by molar-refractivity contribution is 1.12. The minimum atomic E-state index is 0.903. The molecule has 0 radical (unpaired) electrons. The second-order valence-electron chi connectivity index (χ2n) is 5.86. The Kier molecular flexibility index (Phi) is 4.74. The molecule has 2 aromatic carbocycles. The number of allylic oxidation sites excluding steroid dienone is 2. The Morgan fingerprint density at radius 1 is 0.952 bits per heavy atom. The van der Waals surface area contributed by atoms with E-state index < -0.39 is 0 Å². The van der Waals surface area contributed by atoms with Crippen molar-refractivity contribution in [3.8, 4) is 11.1 Å². The average Bonchev–Trinajstić information content (AvgIpc) is 2.45. The van der Waals surface area contributed by atoms with Crippen molar-refractivity contribution in [1.82, 2.24) is 0 Å². The van der Waals surface area contributed by atoms with E-state index in [1.807, 2.05) is 6.92 Å². The molecule has 0 spiro atoms. The van der Waals surface area contributed by atoms with Gasteiger partial charge in [-0.25, -0.2) is 0 Å². The van der Waals surface area contributed by atoms with Crippen LogP contribution >= 0.6 is 0 Å². The Balaban J connectivity index is 2.36. The quantitative estimate of drug-likeness (QED) is 0.714. The molecule has 2 aromatic rings. The Bertz CT molecular complexity index is 672. The van der Waals surface area contributed by atoms with E-state index in [9.17, 15) is 0 Å². The predicted molar refractivity (Wildman–Crippen MR) is 92.2 cm³/mol. The largest absolute Gasteiger partial charge is 0.308 e. The molecule has 0 bridgehead atoms. The van der Waals surface area contributed by atoms with Gasteiger partial charge in [-0.2, -0.15) is 0 Å². The highest BCUT2D eigenvalue weighted by Crippen LogP contribution is 2.24. The van der Waals surface area contributed by atoms with Crippen molar-refractivity contribution in [2.75, 3.05) is 0 Å². The zero-order chi connectivity index (χ0) is 15.4. The molecule has 108 valence electrons. The summed E-state index contributed by atoms with van der Waals surface area (Å²) in [6, 6.07) is 15.4. The van der Waals surface area contributed by atoms with Crippen LogP contribution in [0.3, 0.4) is 0 Å². The SMILES string of the molecule is C/C(C=N)=C(\C)Cc1cccc(-c2cc(C)cc(C)c2)c1. The highest BCUT2D eigenvalue weighted by molar-refractivity contribution is 5.76. The first-order valence-electron chi connectivity index (χ1n) is 7.34. The van der Waals surface area contributed by atoms with Gasteiger partial charge in [-0.3, -0.25) is 0 Å². The maximum Gasteiger partial charge on any atom is 0.0206 e. The van der Waals surface area contributed by atoms with Gasteiger partial charge in [0.25, 0.3) is 0 Å². The van der Waals surface area contributed by atoms with E-state index >= 15 is 0 Å². The van der Waals surface area contributed by atoms with Crippen molar-refractivity contribution in [2.24, 2.45) is 0 Å². The molecule has 0 aliphatic heterocycles. The van der Waals surface area contributed by atoms with Crippen LogP contribution in [0.15, 0.2) is 53.6 Å². The number of hydrogen-bond donors (Lipinski definition) is 1. The molecule has 1 N–H and O–H groups in total. The molecule has 0 saturated carbocycles. The highest BCUT2D eigenvalue weighted by Gasteiger charge is 2.03. The van der Waals surface area contributed by atoms with E-state index in [-0.39, 0.29) is 0 Å². The van der Waals surface area contributed by atoms with Gasteiger partial charge in [0.05, 0.1) is 0 Å². The summed E-state index contributed by atoms with van der Waals surface area (Å²) in [6.45, 7) is 8.38. The van der Waals surface area contributed by atoms with Crippen LogP contribution in [0, 0.1) is 19.3 Å². The van der Waals surface area contributed by atoms with Crippen LogP contribution in [0.2, 0.25) is 0 Å². The van der Waals surface area contributed by atoms with Crippen LogP contribution in [-0.2, 0) is 6.42 Å². The summed E-state index contributed by atoms with van der Waals surface area (Å²) in [5, 5.41) is 7.35. The van der Waals surface area contributed by atoms with Crippen molar-refractivity contribution in [3.63, 3.8) is 0 Å². The van der Waals surface area contributed by atoms with E-state index in [0.29, 0.717) is 0 Å². The van der Waals surface area contributed by atoms with Gasteiger partial charge in [0, 0.05) is 6.21 Å². The lowest BCUT2D eigenvalue weighted by Gasteiger charge is -2.09. The molecule has 0 atom stereocenters. The molecule has 0 unspecified atom stereocenters. The summed E-state index contributed by atoms with van der Waals surface area (Å²) in [5.74, 6) is 0. The normalized spacial score (nSPS) is 12.0. The van der Waals surface area contributed by atoms with Crippen LogP contribution in [0.5, 0.6) is 0 Å². The number of rotatable bonds is 4. The standard InChI is InChI=1S/C20H23N/c1-14-8-15(2)10-20(9-14)19-7-5-6-18(12-19)11-16(3)17(4)13-21/h5-10,12-13,21H,11H2,1-4H3/b17-16-,21-13?. The average molecular weight is 277 g/mol. The van der Waals surface area contributed by atoms with Crippen LogP contribution < -0.4 is 0 Å². The Hall–Kier alpha value is -2.15. The third-order valence-electron chi connectivity index (χ3n) is 3.84. The number of nitrogens with one attached hydrogen (secondary N) is 1. The molecule has 21 heavy (non-hydrogen) atoms. The second kappa shape index (κ2) is 6.53. The lowest BCUT2D eigenvalue weighted by atomic mass is 9.96. The lowest BCUT2D eigenvalue weighted by Crippen LogP contribution is -1.92. The molecular weight excluding hydrogens is 254 g/mol. The van der Waals surface area contributed by atoms with Gasteiger partial charge in [-0.15, -0.1) is 0 Å². The van der Waals surface area contributed by atoms with Crippen molar-refractivity contribution in [3.05, 3.63) is 70.3 Å². The molecule has 1 heteroatoms. The van der Waals surface area contributed by atoms with E-state index in [0.717, 1.165) is 12.0 Å². The van der Waals surface area contributed by atoms with E-state index in [4.69, 9.17) is 5.41 Å². The first-order valence-corrected chi connectivity index (χ1v) is 7.34. The van der Waals surface area contributed by atoms with Crippen molar-refractivity contribution < 1.29 is 0 Å². The summed E-state index contributed by atoms with van der Waals surface area (Å²) in [7, 11) is 0. The van der Waals surface area contributed by atoms with Crippen molar-refractivity contribution in [2.45, 2.75) is 34.1 Å². The van der Waals surface area contributed by atoms with Gasteiger partial charge in [-0.05, 0) is 56.4 Å². The maximum absolute atomic E-state index is 7.35. The third-order valence-corrected chi connectivity index (χ3v) is 3.84. The van der Waals surface area contributed by atoms with E-state index in [1.165, 1.54) is 39.6 Å². The Morgan fingerprint density at radius 3 is 2.24 bits per heavy atom. The summed E-state index contributed by atoms with van der Waals surface area (Å²) in [6.07, 6.45) is 2.34. The molecule has 0 aliphatic rings. The van der Waals surface area contributed by atoms with Gasteiger partial charge in [-0.1, -0.05) is 59.2 Å². The molecule has 0 aliphatic carbocycles. The molecule has 0 saturated heterocycles. The maximum atomic E-state index is 7.35. The zero-order valence-electron chi connectivity index (χ0n) is 13.3. The molecular formula is C20H23N.